The average molecular weight is 1040 g/mol. The first-order valence-corrected chi connectivity index (χ1v) is 26.4. The molecule has 1 aliphatic carbocycles. The van der Waals surface area contributed by atoms with Crippen LogP contribution in [0.2, 0.25) is 0 Å². The molecule has 3 heterocycles. The van der Waals surface area contributed by atoms with Gasteiger partial charge in [-0.25, -0.2) is 28.0 Å². The molecule has 2 aromatic rings. The Hall–Kier alpha value is -3.92. The Morgan fingerprint density at radius 2 is 1.55 bits per heavy atom. The monoisotopic (exact) mass is 1030 g/mol. The highest BCUT2D eigenvalue weighted by Gasteiger charge is 2.45. The first-order valence-electron chi connectivity index (χ1n) is 22.4. The van der Waals surface area contributed by atoms with Crippen molar-refractivity contribution in [2.45, 2.75) is 99.7 Å². The van der Waals surface area contributed by atoms with Crippen molar-refractivity contribution in [3.63, 3.8) is 0 Å². The zero-order valence-electron chi connectivity index (χ0n) is 39.0. The lowest BCUT2D eigenvalue weighted by molar-refractivity contribution is -0.777. The fourth-order valence-electron chi connectivity index (χ4n) is 9.26. The van der Waals surface area contributed by atoms with Crippen LogP contribution in [0.25, 0.3) is 0 Å². The van der Waals surface area contributed by atoms with Crippen molar-refractivity contribution < 1.29 is 76.1 Å². The summed E-state index contributed by atoms with van der Waals surface area (Å²) in [5.74, 6) is -1.10. The minimum Gasteiger partial charge on any atom is -0.691 e. The number of anilines is 1. The molecule has 1 saturated heterocycles. The number of rotatable bonds is 25. The van der Waals surface area contributed by atoms with Crippen molar-refractivity contribution in [3.8, 4) is 0 Å². The summed E-state index contributed by atoms with van der Waals surface area (Å²) in [7, 11) is -2.36. The summed E-state index contributed by atoms with van der Waals surface area (Å²) in [5.41, 5.74) is 4.78. The zero-order valence-corrected chi connectivity index (χ0v) is 42.2. The van der Waals surface area contributed by atoms with Crippen LogP contribution in [0.15, 0.2) is 94.4 Å². The molecule has 2 amide bonds. The van der Waals surface area contributed by atoms with Gasteiger partial charge in [0, 0.05) is 114 Å². The average Bonchev–Trinajstić information content (AvgIpc) is 3.84. The largest absolute Gasteiger partial charge is 0.691 e. The number of carbonyl (C=O) groups excluding carboxylic acids is 3. The van der Waals surface area contributed by atoms with E-state index in [0.717, 1.165) is 81.4 Å². The molecule has 69 heavy (non-hydrogen) atoms. The predicted molar refractivity (Wildman–Crippen MR) is 256 cm³/mol. The van der Waals surface area contributed by atoms with Crippen molar-refractivity contribution in [1.29, 1.82) is 0 Å². The third-order valence-electron chi connectivity index (χ3n) is 12.8. The first kappa shape index (κ1) is 54.4. The summed E-state index contributed by atoms with van der Waals surface area (Å²) >= 11 is 2.81. The summed E-state index contributed by atoms with van der Waals surface area (Å²) in [4.78, 5) is 44.8. The maximum atomic E-state index is 14.1. The maximum absolute atomic E-state index is 14.1. The number of fused-ring (bicyclic) bond motifs is 2. The number of carbonyl (C=O) groups is 3. The number of amides is 2. The molecular weight excluding hydrogens is 977 g/mol. The van der Waals surface area contributed by atoms with Gasteiger partial charge in [-0.2, -0.15) is 8.91 Å². The molecule has 23 heteroatoms. The minimum atomic E-state index is -3.92. The van der Waals surface area contributed by atoms with Crippen molar-refractivity contribution in [1.82, 2.24) is 9.37 Å². The molecule has 0 aromatic heterocycles. The van der Waals surface area contributed by atoms with Crippen LogP contribution < -0.4 is 10.2 Å². The molecule has 2 aromatic carbocycles. The topological polar surface area (TPSA) is 226 Å². The van der Waals surface area contributed by atoms with Gasteiger partial charge in [0.25, 0.3) is 11.8 Å². The number of benzene rings is 2. The molecule has 19 nitrogen and oxygen atoms in total. The number of allylic oxidation sites excluding steroid dienone is 8. The predicted octanol–water partition coefficient (Wildman–Crippen LogP) is 7.60. The van der Waals surface area contributed by atoms with E-state index in [0.29, 0.717) is 61.8 Å². The van der Waals surface area contributed by atoms with Crippen molar-refractivity contribution in [2.24, 2.45) is 11.8 Å². The van der Waals surface area contributed by atoms with E-state index >= 15 is 0 Å². The van der Waals surface area contributed by atoms with Crippen LogP contribution >= 0.6 is 36.1 Å². The summed E-state index contributed by atoms with van der Waals surface area (Å²) in [6.07, 6.45) is 17.2. The van der Waals surface area contributed by atoms with Gasteiger partial charge in [0.1, 0.15) is 6.54 Å². The van der Waals surface area contributed by atoms with Crippen LogP contribution in [0.4, 0.5) is 11.4 Å². The lowest BCUT2D eigenvalue weighted by Gasteiger charge is -2.30. The van der Waals surface area contributed by atoms with Crippen LogP contribution in [0.1, 0.15) is 90.2 Å². The molecule has 6 rings (SSSR count). The van der Waals surface area contributed by atoms with Crippen LogP contribution in [-0.4, -0.2) is 94.6 Å². The molecule has 0 atom stereocenters. The second-order valence-corrected chi connectivity index (χ2v) is 22.2. The molecule has 4 aliphatic rings. The van der Waals surface area contributed by atoms with Gasteiger partial charge in [0.05, 0.1) is 28.3 Å². The van der Waals surface area contributed by atoms with Gasteiger partial charge in [0.15, 0.2) is 5.71 Å². The van der Waals surface area contributed by atoms with Crippen LogP contribution in [0, 0.1) is 11.8 Å². The Morgan fingerprint density at radius 1 is 0.870 bits per heavy atom. The molecule has 1 saturated carbocycles. The number of nitrogens with zero attached hydrogens (tertiary/aromatic N) is 4. The summed E-state index contributed by atoms with van der Waals surface area (Å²) in [5, 5.41) is 39.2. The first-order chi connectivity index (χ1) is 33.1. The van der Waals surface area contributed by atoms with Crippen molar-refractivity contribution in [3.05, 3.63) is 95.8 Å². The SMILES string of the molecule is CN(CC1CCC(C(=O)ON2C(=O)CCC2=O)CC1)S(=O)(=O)c1ccc2c(c1)C(C)(C)\C(=C/C=C/C=C/C=C/C1=[N+](CCCSOOO)c3ccc(SOOO)cc3C1(C)C)N2CCCSOO[O-]. The lowest BCUT2D eigenvalue weighted by Crippen LogP contribution is -2.37. The highest BCUT2D eigenvalue weighted by atomic mass is 32.2. The van der Waals surface area contributed by atoms with Gasteiger partial charge in [0.2, 0.25) is 15.7 Å². The lowest BCUT2D eigenvalue weighted by atomic mass is 9.81. The fourth-order valence-corrected chi connectivity index (χ4v) is 11.6. The Labute approximate surface area is 414 Å². The summed E-state index contributed by atoms with van der Waals surface area (Å²) in [6, 6.07) is 11.1. The quantitative estimate of drug-likeness (QED) is 0.0186. The van der Waals surface area contributed by atoms with Crippen LogP contribution in [0.3, 0.4) is 0 Å². The molecular formula is C46H58N4O15S4. The number of hydroxylamine groups is 2. The molecule has 376 valence electrons. The molecule has 2 fully saturated rings. The van der Waals surface area contributed by atoms with Crippen LogP contribution in [0.5, 0.6) is 0 Å². The Bertz CT molecular complexity index is 2420. The third-order valence-corrected chi connectivity index (χ3v) is 16.4. The molecule has 2 N–H and O–H groups in total. The van der Waals surface area contributed by atoms with Crippen LogP contribution in [-0.2, 0) is 68.2 Å². The normalized spacial score (nSPS) is 20.8. The number of hydrogen-bond acceptors (Lipinski definition) is 19. The van der Waals surface area contributed by atoms with E-state index in [9.17, 15) is 28.1 Å². The van der Waals surface area contributed by atoms with Gasteiger partial charge < -0.3 is 15.0 Å². The van der Waals surface area contributed by atoms with E-state index in [4.69, 9.17) is 15.4 Å². The Kier molecular flexibility index (Phi) is 19.7. The standard InChI is InChI=1S/C46H58N4O15S4/c1-45(2)36-29-34(68-65-62-56)19-21-38(36)48(25-11-27-66-63-60-54)40(45)13-9-7-6-8-10-14-41-46(3,4)37-30-35(20-22-39(37)49(41)26-12-28-67-64-61-55)69(57,58)47(5)31-32-15-17-33(18-16-32)44(53)59-50-42(51)23-24-43(50)52/h6-10,13-14,19-22,29-30,32-33H,11-12,15-18,23-28,31H2,1-5H3,(H2-,54,55,56). The summed E-state index contributed by atoms with van der Waals surface area (Å²) in [6.45, 7) is 9.83. The van der Waals surface area contributed by atoms with Gasteiger partial charge in [-0.15, -0.1) is 13.7 Å². The fraction of sp³-hybridized carbons (Fsp3) is 0.478. The minimum absolute atomic E-state index is 0.00197. The zero-order chi connectivity index (χ0) is 49.8. The van der Waals surface area contributed by atoms with Gasteiger partial charge >= 0.3 is 5.97 Å². The highest BCUT2D eigenvalue weighted by Crippen LogP contribution is 2.49. The Morgan fingerprint density at radius 3 is 2.26 bits per heavy atom. The van der Waals surface area contributed by atoms with Crippen molar-refractivity contribution in [2.75, 3.05) is 43.1 Å². The van der Waals surface area contributed by atoms with Gasteiger partial charge in [-0.1, -0.05) is 54.3 Å². The third kappa shape index (κ3) is 13.1. The number of imide groups is 1. The molecule has 0 unspecified atom stereocenters. The van der Waals surface area contributed by atoms with E-state index in [1.807, 2.05) is 60.7 Å². The van der Waals surface area contributed by atoms with E-state index in [1.54, 1.807) is 19.2 Å². The van der Waals surface area contributed by atoms with Gasteiger partial charge in [-0.05, 0) is 93.8 Å². The smallest absolute Gasteiger partial charge is 0.336 e. The number of hydrogen-bond donors (Lipinski definition) is 2. The Balaban J connectivity index is 1.15. The van der Waals surface area contributed by atoms with E-state index in [-0.39, 0.29) is 30.2 Å². The van der Waals surface area contributed by atoms with Crippen molar-refractivity contribution >= 4 is 81.0 Å². The highest BCUT2D eigenvalue weighted by molar-refractivity contribution is 7.95. The molecule has 0 bridgehead atoms. The second-order valence-electron chi connectivity index (χ2n) is 17.8. The molecule has 0 spiro atoms. The summed E-state index contributed by atoms with van der Waals surface area (Å²) < 4.78 is 45.6. The van der Waals surface area contributed by atoms with E-state index < -0.39 is 44.6 Å². The maximum Gasteiger partial charge on any atom is 0.336 e. The van der Waals surface area contributed by atoms with E-state index in [1.165, 1.54) is 4.31 Å². The van der Waals surface area contributed by atoms with E-state index in [2.05, 4.69) is 71.4 Å². The number of sulfonamides is 1. The second kappa shape index (κ2) is 25.0. The molecule has 0 radical (unpaired) electrons. The van der Waals surface area contributed by atoms with Gasteiger partial charge in [-0.3, -0.25) is 14.6 Å². The molecule has 3 aliphatic heterocycles.